The summed E-state index contributed by atoms with van der Waals surface area (Å²) < 4.78 is 5.11. The first-order chi connectivity index (χ1) is 6.57. The van der Waals surface area contributed by atoms with Gasteiger partial charge in [0.05, 0.1) is 11.6 Å². The van der Waals surface area contributed by atoms with Crippen LogP contribution in [0.2, 0.25) is 10.0 Å². The minimum Gasteiger partial charge on any atom is -0.491 e. The van der Waals surface area contributed by atoms with Crippen LogP contribution in [0.1, 0.15) is 17.3 Å². The zero-order chi connectivity index (χ0) is 10.7. The van der Waals surface area contributed by atoms with E-state index in [-0.39, 0.29) is 21.4 Å². The van der Waals surface area contributed by atoms with Crippen LogP contribution in [0.15, 0.2) is 12.1 Å². The van der Waals surface area contributed by atoms with Gasteiger partial charge < -0.3 is 9.84 Å². The maximum atomic E-state index is 10.8. The van der Waals surface area contributed by atoms with Crippen LogP contribution in [-0.2, 0) is 0 Å². The molecule has 0 saturated heterocycles. The molecule has 0 radical (unpaired) electrons. The van der Waals surface area contributed by atoms with Crippen LogP contribution in [0.3, 0.4) is 0 Å². The standard InChI is InChI=1S/C9H8Cl2O3/c1-2-14-8-5(9(12)13)3-4-6(10)7(8)11/h3-4H,2H2,1H3,(H,12,13). The highest BCUT2D eigenvalue weighted by atomic mass is 35.5. The van der Waals surface area contributed by atoms with Crippen molar-refractivity contribution in [2.45, 2.75) is 6.92 Å². The summed E-state index contributed by atoms with van der Waals surface area (Å²) in [6.45, 7) is 2.07. The topological polar surface area (TPSA) is 46.5 Å². The van der Waals surface area contributed by atoms with Gasteiger partial charge in [-0.2, -0.15) is 0 Å². The van der Waals surface area contributed by atoms with Crippen molar-refractivity contribution in [3.63, 3.8) is 0 Å². The number of carboxylic acids is 1. The van der Waals surface area contributed by atoms with Crippen LogP contribution >= 0.6 is 23.2 Å². The summed E-state index contributed by atoms with van der Waals surface area (Å²) in [7, 11) is 0. The molecule has 0 amide bonds. The Bertz CT molecular complexity index is 363. The van der Waals surface area contributed by atoms with E-state index in [1.54, 1.807) is 6.92 Å². The fraction of sp³-hybridized carbons (Fsp3) is 0.222. The van der Waals surface area contributed by atoms with Crippen LogP contribution in [0.25, 0.3) is 0 Å². The van der Waals surface area contributed by atoms with Crippen molar-refractivity contribution in [2.75, 3.05) is 6.61 Å². The fourth-order valence-electron chi connectivity index (χ4n) is 0.986. The third-order valence-corrected chi connectivity index (χ3v) is 2.36. The molecule has 0 atom stereocenters. The summed E-state index contributed by atoms with van der Waals surface area (Å²) in [5.74, 6) is -0.971. The summed E-state index contributed by atoms with van der Waals surface area (Å²) >= 11 is 11.5. The molecule has 0 saturated carbocycles. The average Bonchev–Trinajstić information content (AvgIpc) is 2.13. The van der Waals surface area contributed by atoms with E-state index in [2.05, 4.69) is 0 Å². The molecule has 0 unspecified atom stereocenters. The van der Waals surface area contributed by atoms with Crippen molar-refractivity contribution >= 4 is 29.2 Å². The van der Waals surface area contributed by atoms with Crippen molar-refractivity contribution in [1.29, 1.82) is 0 Å². The molecule has 0 aliphatic carbocycles. The zero-order valence-corrected chi connectivity index (χ0v) is 8.89. The minimum atomic E-state index is -1.09. The fourth-order valence-corrected chi connectivity index (χ4v) is 1.35. The second-order valence-corrected chi connectivity index (χ2v) is 3.26. The Balaban J connectivity index is 3.29. The minimum absolute atomic E-state index is 0.0150. The van der Waals surface area contributed by atoms with Gasteiger partial charge in [0.1, 0.15) is 10.6 Å². The van der Waals surface area contributed by atoms with Crippen molar-refractivity contribution in [3.8, 4) is 5.75 Å². The van der Waals surface area contributed by atoms with Gasteiger partial charge in [0, 0.05) is 0 Å². The zero-order valence-electron chi connectivity index (χ0n) is 7.38. The van der Waals surface area contributed by atoms with Gasteiger partial charge in [0.15, 0.2) is 5.75 Å². The molecule has 1 aromatic rings. The molecule has 1 rings (SSSR count). The Morgan fingerprint density at radius 2 is 2.14 bits per heavy atom. The number of hydrogen-bond acceptors (Lipinski definition) is 2. The SMILES string of the molecule is CCOc1c(C(=O)O)ccc(Cl)c1Cl. The molecular weight excluding hydrogens is 227 g/mol. The number of halogens is 2. The molecule has 3 nitrogen and oxygen atoms in total. The highest BCUT2D eigenvalue weighted by Gasteiger charge is 2.16. The highest BCUT2D eigenvalue weighted by Crippen LogP contribution is 2.35. The van der Waals surface area contributed by atoms with Gasteiger partial charge in [-0.05, 0) is 19.1 Å². The number of aromatic carboxylic acids is 1. The molecule has 5 heteroatoms. The lowest BCUT2D eigenvalue weighted by Crippen LogP contribution is -2.03. The van der Waals surface area contributed by atoms with Crippen LogP contribution in [-0.4, -0.2) is 17.7 Å². The summed E-state index contributed by atoms with van der Waals surface area (Å²) in [5.41, 5.74) is 0.0150. The second-order valence-electron chi connectivity index (χ2n) is 2.48. The van der Waals surface area contributed by atoms with E-state index in [1.807, 2.05) is 0 Å². The molecule has 0 aliphatic heterocycles. The number of carboxylic acid groups (broad SMARTS) is 1. The lowest BCUT2D eigenvalue weighted by atomic mass is 10.2. The summed E-state index contributed by atoms with van der Waals surface area (Å²) in [6, 6.07) is 2.79. The quantitative estimate of drug-likeness (QED) is 0.875. The molecular formula is C9H8Cl2O3. The molecule has 1 N–H and O–H groups in total. The first-order valence-electron chi connectivity index (χ1n) is 3.92. The number of rotatable bonds is 3. The first-order valence-corrected chi connectivity index (χ1v) is 4.67. The molecule has 0 aromatic heterocycles. The van der Waals surface area contributed by atoms with Crippen LogP contribution < -0.4 is 4.74 Å². The Kier molecular flexibility index (Phi) is 3.61. The summed E-state index contributed by atoms with van der Waals surface area (Å²) in [4.78, 5) is 10.8. The predicted octanol–water partition coefficient (Wildman–Crippen LogP) is 3.09. The van der Waals surface area contributed by atoms with E-state index in [0.717, 1.165) is 0 Å². The van der Waals surface area contributed by atoms with E-state index >= 15 is 0 Å². The Labute approximate surface area is 91.2 Å². The van der Waals surface area contributed by atoms with Crippen molar-refractivity contribution in [2.24, 2.45) is 0 Å². The van der Waals surface area contributed by atoms with Crippen molar-refractivity contribution in [3.05, 3.63) is 27.7 Å². The van der Waals surface area contributed by atoms with Crippen molar-refractivity contribution < 1.29 is 14.6 Å². The Morgan fingerprint density at radius 1 is 1.50 bits per heavy atom. The highest BCUT2D eigenvalue weighted by molar-refractivity contribution is 6.43. The van der Waals surface area contributed by atoms with Gasteiger partial charge in [-0.25, -0.2) is 4.79 Å². The van der Waals surface area contributed by atoms with Crippen LogP contribution in [0.5, 0.6) is 5.75 Å². The van der Waals surface area contributed by atoms with Gasteiger partial charge in [-0.1, -0.05) is 23.2 Å². The summed E-state index contributed by atoms with van der Waals surface area (Å²) in [5, 5.41) is 9.24. The van der Waals surface area contributed by atoms with Crippen LogP contribution in [0, 0.1) is 0 Å². The number of benzene rings is 1. The molecule has 0 aliphatic rings. The average molecular weight is 235 g/mol. The second kappa shape index (κ2) is 4.53. The van der Waals surface area contributed by atoms with E-state index in [4.69, 9.17) is 33.0 Å². The third kappa shape index (κ3) is 2.11. The lowest BCUT2D eigenvalue weighted by molar-refractivity contribution is 0.0692. The maximum absolute atomic E-state index is 10.8. The van der Waals surface area contributed by atoms with Crippen molar-refractivity contribution in [1.82, 2.24) is 0 Å². The summed E-state index contributed by atoms with van der Waals surface area (Å²) in [6.07, 6.45) is 0. The van der Waals surface area contributed by atoms with E-state index in [9.17, 15) is 4.79 Å². The van der Waals surface area contributed by atoms with Gasteiger partial charge in [0.2, 0.25) is 0 Å². The molecule has 0 fully saturated rings. The van der Waals surface area contributed by atoms with Gasteiger partial charge >= 0.3 is 5.97 Å². The third-order valence-electron chi connectivity index (χ3n) is 1.57. The maximum Gasteiger partial charge on any atom is 0.339 e. The Morgan fingerprint density at radius 3 is 2.64 bits per heavy atom. The molecule has 0 heterocycles. The first kappa shape index (κ1) is 11.1. The van der Waals surface area contributed by atoms with Gasteiger partial charge in [-0.3, -0.25) is 0 Å². The van der Waals surface area contributed by atoms with Gasteiger partial charge in [-0.15, -0.1) is 0 Å². The molecule has 1 aromatic carbocycles. The van der Waals surface area contributed by atoms with E-state index in [0.29, 0.717) is 6.61 Å². The van der Waals surface area contributed by atoms with Crippen LogP contribution in [0.4, 0.5) is 0 Å². The normalized spacial score (nSPS) is 9.93. The number of hydrogen-bond donors (Lipinski definition) is 1. The van der Waals surface area contributed by atoms with E-state index < -0.39 is 5.97 Å². The number of ether oxygens (including phenoxy) is 1. The molecule has 14 heavy (non-hydrogen) atoms. The molecule has 0 spiro atoms. The smallest absolute Gasteiger partial charge is 0.339 e. The Hall–Kier alpha value is -0.930. The molecule has 76 valence electrons. The van der Waals surface area contributed by atoms with E-state index in [1.165, 1.54) is 12.1 Å². The van der Waals surface area contributed by atoms with Gasteiger partial charge in [0.25, 0.3) is 0 Å². The predicted molar refractivity (Wildman–Crippen MR) is 54.6 cm³/mol. The monoisotopic (exact) mass is 234 g/mol. The lowest BCUT2D eigenvalue weighted by Gasteiger charge is -2.09. The largest absolute Gasteiger partial charge is 0.491 e. The number of carbonyl (C=O) groups is 1. The molecule has 0 bridgehead atoms.